The van der Waals surface area contributed by atoms with Crippen molar-refractivity contribution in [3.8, 4) is 0 Å². The van der Waals surface area contributed by atoms with Crippen LogP contribution in [0.5, 0.6) is 0 Å². The maximum atomic E-state index is 3.86. The second kappa shape index (κ2) is 4.95. The number of nitrogens with zero attached hydrogens (tertiary/aromatic N) is 1. The fourth-order valence-electron chi connectivity index (χ4n) is 3.37. The van der Waals surface area contributed by atoms with Crippen LogP contribution in [0.25, 0.3) is 10.9 Å². The molecule has 2 heterocycles. The lowest BCUT2D eigenvalue weighted by Gasteiger charge is -2.24. The van der Waals surface area contributed by atoms with Crippen LogP contribution in [0.3, 0.4) is 0 Å². The van der Waals surface area contributed by atoms with E-state index in [2.05, 4.69) is 58.8 Å². The number of fused-ring (bicyclic) bond motifs is 1. The summed E-state index contributed by atoms with van der Waals surface area (Å²) >= 11 is 3.86. The van der Waals surface area contributed by atoms with Crippen molar-refractivity contribution in [1.82, 2.24) is 9.88 Å². The van der Waals surface area contributed by atoms with Gasteiger partial charge in [0.25, 0.3) is 0 Å². The van der Waals surface area contributed by atoms with Crippen molar-refractivity contribution in [3.63, 3.8) is 0 Å². The SMILES string of the molecule is Cc1ccc(C)c2c1c(Br)c(C1CCCCN1)n2C. The number of hydrogen-bond acceptors (Lipinski definition) is 1. The molecule has 0 amide bonds. The zero-order chi connectivity index (χ0) is 13.6. The maximum absolute atomic E-state index is 3.86. The molecule has 2 aromatic rings. The average molecular weight is 321 g/mol. The van der Waals surface area contributed by atoms with Crippen molar-refractivity contribution in [2.24, 2.45) is 7.05 Å². The molecule has 1 unspecified atom stereocenters. The Kier molecular flexibility index (Phi) is 3.44. The lowest BCUT2D eigenvalue weighted by Crippen LogP contribution is -2.28. The van der Waals surface area contributed by atoms with Crippen molar-refractivity contribution in [1.29, 1.82) is 0 Å². The Morgan fingerprint density at radius 1 is 1.21 bits per heavy atom. The number of rotatable bonds is 1. The summed E-state index contributed by atoms with van der Waals surface area (Å²) in [7, 11) is 2.20. The van der Waals surface area contributed by atoms with Crippen molar-refractivity contribution in [2.45, 2.75) is 39.2 Å². The highest BCUT2D eigenvalue weighted by atomic mass is 79.9. The van der Waals surface area contributed by atoms with Crippen molar-refractivity contribution >= 4 is 26.8 Å². The van der Waals surface area contributed by atoms with E-state index in [-0.39, 0.29) is 0 Å². The summed E-state index contributed by atoms with van der Waals surface area (Å²) in [5.41, 5.74) is 5.48. The smallest absolute Gasteiger partial charge is 0.0524 e. The second-order valence-electron chi connectivity index (χ2n) is 5.68. The first-order chi connectivity index (χ1) is 9.11. The zero-order valence-corrected chi connectivity index (χ0v) is 13.5. The second-order valence-corrected chi connectivity index (χ2v) is 6.48. The van der Waals surface area contributed by atoms with Crippen molar-refractivity contribution < 1.29 is 0 Å². The van der Waals surface area contributed by atoms with Crippen LogP contribution in [0.15, 0.2) is 16.6 Å². The van der Waals surface area contributed by atoms with E-state index in [9.17, 15) is 0 Å². The van der Waals surface area contributed by atoms with Gasteiger partial charge in [-0.3, -0.25) is 0 Å². The Balaban J connectivity index is 2.25. The van der Waals surface area contributed by atoms with E-state index in [1.165, 1.54) is 51.5 Å². The minimum absolute atomic E-state index is 0.485. The summed E-state index contributed by atoms with van der Waals surface area (Å²) in [5, 5.41) is 5.05. The Hall–Kier alpha value is -0.800. The van der Waals surface area contributed by atoms with E-state index in [4.69, 9.17) is 0 Å². The van der Waals surface area contributed by atoms with Gasteiger partial charge in [0.05, 0.1) is 5.52 Å². The van der Waals surface area contributed by atoms with Crippen LogP contribution in [-0.2, 0) is 7.05 Å². The first-order valence-electron chi connectivity index (χ1n) is 7.08. The summed E-state index contributed by atoms with van der Waals surface area (Å²) in [4.78, 5) is 0. The number of piperidine rings is 1. The molecular weight excluding hydrogens is 300 g/mol. The van der Waals surface area contributed by atoms with Gasteiger partial charge in [0, 0.05) is 28.6 Å². The van der Waals surface area contributed by atoms with E-state index >= 15 is 0 Å². The molecular formula is C16H21BrN2. The fraction of sp³-hybridized carbons (Fsp3) is 0.500. The maximum Gasteiger partial charge on any atom is 0.0524 e. The third-order valence-electron chi connectivity index (χ3n) is 4.37. The van der Waals surface area contributed by atoms with Gasteiger partial charge in [0.2, 0.25) is 0 Å². The van der Waals surface area contributed by atoms with E-state index < -0.39 is 0 Å². The molecule has 1 N–H and O–H groups in total. The van der Waals surface area contributed by atoms with E-state index in [0.29, 0.717) is 6.04 Å². The standard InChI is InChI=1S/C16H21BrN2/c1-10-7-8-11(2)15-13(10)14(17)16(19(15)3)12-6-4-5-9-18-12/h7-8,12,18H,4-6,9H2,1-3H3. The summed E-state index contributed by atoms with van der Waals surface area (Å²) < 4.78 is 3.66. The van der Waals surface area contributed by atoms with Gasteiger partial charge >= 0.3 is 0 Å². The van der Waals surface area contributed by atoms with Gasteiger partial charge in [-0.15, -0.1) is 0 Å². The number of hydrogen-bond donors (Lipinski definition) is 1. The summed E-state index contributed by atoms with van der Waals surface area (Å²) in [6.45, 7) is 5.54. The van der Waals surface area contributed by atoms with Crippen LogP contribution in [0.1, 0.15) is 42.1 Å². The molecule has 1 atom stereocenters. The van der Waals surface area contributed by atoms with E-state index in [1.807, 2.05) is 0 Å². The number of nitrogens with one attached hydrogen (secondary N) is 1. The van der Waals surface area contributed by atoms with Crippen LogP contribution in [-0.4, -0.2) is 11.1 Å². The lowest BCUT2D eigenvalue weighted by molar-refractivity contribution is 0.398. The molecule has 1 fully saturated rings. The first kappa shape index (κ1) is 13.2. The van der Waals surface area contributed by atoms with Crippen molar-refractivity contribution in [2.75, 3.05) is 6.54 Å². The molecule has 1 aromatic heterocycles. The topological polar surface area (TPSA) is 17.0 Å². The highest BCUT2D eigenvalue weighted by molar-refractivity contribution is 9.10. The highest BCUT2D eigenvalue weighted by Crippen LogP contribution is 2.39. The molecule has 3 heteroatoms. The zero-order valence-electron chi connectivity index (χ0n) is 11.9. The molecule has 3 rings (SSSR count). The van der Waals surface area contributed by atoms with Crippen LogP contribution >= 0.6 is 15.9 Å². The quantitative estimate of drug-likeness (QED) is 0.825. The molecule has 0 aliphatic carbocycles. The van der Waals surface area contributed by atoms with Gasteiger partial charge in [-0.2, -0.15) is 0 Å². The molecule has 1 aliphatic heterocycles. The summed E-state index contributed by atoms with van der Waals surface area (Å²) in [6, 6.07) is 4.93. The number of halogens is 1. The lowest BCUT2D eigenvalue weighted by atomic mass is 10.0. The minimum atomic E-state index is 0.485. The van der Waals surface area contributed by atoms with Crippen LogP contribution in [0, 0.1) is 13.8 Å². The largest absolute Gasteiger partial charge is 0.345 e. The van der Waals surface area contributed by atoms with Gasteiger partial charge in [-0.1, -0.05) is 18.6 Å². The van der Waals surface area contributed by atoms with E-state index in [0.717, 1.165) is 6.54 Å². The molecule has 0 bridgehead atoms. The first-order valence-corrected chi connectivity index (χ1v) is 7.88. The monoisotopic (exact) mass is 320 g/mol. The Morgan fingerprint density at radius 3 is 2.58 bits per heavy atom. The van der Waals surface area contributed by atoms with Crippen LogP contribution in [0.4, 0.5) is 0 Å². The molecule has 1 aromatic carbocycles. The molecule has 1 saturated heterocycles. The molecule has 0 saturated carbocycles. The number of aromatic nitrogens is 1. The van der Waals surface area contributed by atoms with Gasteiger partial charge in [-0.05, 0) is 60.3 Å². The Labute approximate surface area is 123 Å². The van der Waals surface area contributed by atoms with Gasteiger partial charge in [0.15, 0.2) is 0 Å². The molecule has 0 spiro atoms. The predicted octanol–water partition coefficient (Wildman–Crippen LogP) is 4.37. The average Bonchev–Trinajstić information content (AvgIpc) is 2.68. The summed E-state index contributed by atoms with van der Waals surface area (Å²) in [6.07, 6.45) is 3.86. The van der Waals surface area contributed by atoms with Gasteiger partial charge < -0.3 is 9.88 Å². The third-order valence-corrected chi connectivity index (χ3v) is 5.17. The predicted molar refractivity (Wildman–Crippen MR) is 84.7 cm³/mol. The molecule has 19 heavy (non-hydrogen) atoms. The summed E-state index contributed by atoms with van der Waals surface area (Å²) in [5.74, 6) is 0. The molecule has 2 nitrogen and oxygen atoms in total. The molecule has 0 radical (unpaired) electrons. The normalized spacial score (nSPS) is 20.1. The van der Waals surface area contributed by atoms with Crippen LogP contribution < -0.4 is 5.32 Å². The number of aryl methyl sites for hydroxylation is 3. The molecule has 1 aliphatic rings. The van der Waals surface area contributed by atoms with E-state index in [1.54, 1.807) is 0 Å². The van der Waals surface area contributed by atoms with Crippen molar-refractivity contribution in [3.05, 3.63) is 33.4 Å². The third kappa shape index (κ3) is 2.03. The van der Waals surface area contributed by atoms with Gasteiger partial charge in [0.1, 0.15) is 0 Å². The number of benzene rings is 1. The molecule has 102 valence electrons. The fourth-order valence-corrected chi connectivity index (χ4v) is 4.42. The highest BCUT2D eigenvalue weighted by Gasteiger charge is 2.24. The Morgan fingerprint density at radius 2 is 1.95 bits per heavy atom. The van der Waals surface area contributed by atoms with Crippen LogP contribution in [0.2, 0.25) is 0 Å². The van der Waals surface area contributed by atoms with Gasteiger partial charge in [-0.25, -0.2) is 0 Å². The minimum Gasteiger partial charge on any atom is -0.345 e. The Bertz CT molecular complexity index is 576.